The summed E-state index contributed by atoms with van der Waals surface area (Å²) in [6, 6.07) is 6.94. The van der Waals surface area contributed by atoms with Gasteiger partial charge in [0.05, 0.1) is 0 Å². The van der Waals surface area contributed by atoms with E-state index in [-0.39, 0.29) is 17.4 Å². The Morgan fingerprint density at radius 3 is 2.47 bits per heavy atom. The Labute approximate surface area is 114 Å². The van der Waals surface area contributed by atoms with Gasteiger partial charge in [-0.2, -0.15) is 0 Å². The average Bonchev–Trinajstić information content (AvgIpc) is 2.46. The van der Waals surface area contributed by atoms with E-state index in [1.165, 1.54) is 6.42 Å². The van der Waals surface area contributed by atoms with Crippen LogP contribution in [0.3, 0.4) is 0 Å². The molecule has 1 amide bonds. The summed E-state index contributed by atoms with van der Waals surface area (Å²) in [6.45, 7) is 0. The molecule has 19 heavy (non-hydrogen) atoms. The second kappa shape index (κ2) is 6.22. The van der Waals surface area contributed by atoms with E-state index in [0.717, 1.165) is 25.7 Å². The summed E-state index contributed by atoms with van der Waals surface area (Å²) in [6.07, 6.45) is 5.63. The lowest BCUT2D eigenvalue weighted by atomic mass is 9.76. The third-order valence-corrected chi connectivity index (χ3v) is 3.91. The monoisotopic (exact) mass is 261 g/mol. The van der Waals surface area contributed by atoms with E-state index in [1.54, 1.807) is 36.2 Å². The lowest BCUT2D eigenvalue weighted by molar-refractivity contribution is 0.0697. The van der Waals surface area contributed by atoms with E-state index >= 15 is 0 Å². The van der Waals surface area contributed by atoms with Crippen LogP contribution in [0.5, 0.6) is 0 Å². The smallest absolute Gasteiger partial charge is 0.423 e. The topological polar surface area (TPSA) is 60.8 Å². The molecule has 0 unspecified atom stereocenters. The quantitative estimate of drug-likeness (QED) is 0.790. The summed E-state index contributed by atoms with van der Waals surface area (Å²) in [4.78, 5) is 14.2. The van der Waals surface area contributed by atoms with Crippen molar-refractivity contribution in [3.8, 4) is 0 Å². The Balaban J connectivity index is 2.18. The van der Waals surface area contributed by atoms with Crippen molar-refractivity contribution in [3.63, 3.8) is 0 Å². The Morgan fingerprint density at radius 1 is 1.21 bits per heavy atom. The second-order valence-corrected chi connectivity index (χ2v) is 5.17. The Bertz CT molecular complexity index is 444. The molecule has 0 atom stereocenters. The third kappa shape index (κ3) is 3.17. The van der Waals surface area contributed by atoms with Crippen LogP contribution in [0, 0.1) is 0 Å². The van der Waals surface area contributed by atoms with Gasteiger partial charge in [0.2, 0.25) is 0 Å². The van der Waals surface area contributed by atoms with Gasteiger partial charge in [-0.25, -0.2) is 0 Å². The predicted octanol–water partition coefficient (Wildman–Crippen LogP) is 0.771. The van der Waals surface area contributed by atoms with Gasteiger partial charge < -0.3 is 14.9 Å². The lowest BCUT2D eigenvalue weighted by Crippen LogP contribution is -2.43. The standard InChI is InChI=1S/C14H20BNO3/c1-16(11-7-3-2-4-8-11)14(17)12-9-5-6-10-13(12)15(18)19/h5-6,9-11,18-19H,2-4,7-8H2,1H3. The Kier molecular flexibility index (Phi) is 4.61. The molecule has 0 aromatic heterocycles. The predicted molar refractivity (Wildman–Crippen MR) is 75.2 cm³/mol. The maximum atomic E-state index is 12.5. The highest BCUT2D eigenvalue weighted by atomic mass is 16.4. The van der Waals surface area contributed by atoms with Gasteiger partial charge in [0.15, 0.2) is 0 Å². The molecule has 2 rings (SSSR count). The molecule has 1 aromatic rings. The van der Waals surface area contributed by atoms with Crippen LogP contribution in [-0.4, -0.2) is 41.1 Å². The van der Waals surface area contributed by atoms with Crippen molar-refractivity contribution in [2.45, 2.75) is 38.1 Å². The van der Waals surface area contributed by atoms with Crippen LogP contribution in [0.4, 0.5) is 0 Å². The molecule has 1 aliphatic rings. The normalized spacial score (nSPS) is 16.2. The molecular formula is C14H20BNO3. The summed E-state index contributed by atoms with van der Waals surface area (Å²) in [7, 11) is 0.193. The number of benzene rings is 1. The minimum absolute atomic E-state index is 0.129. The van der Waals surface area contributed by atoms with Gasteiger partial charge in [-0.1, -0.05) is 37.5 Å². The number of rotatable bonds is 3. The van der Waals surface area contributed by atoms with Gasteiger partial charge in [-0.3, -0.25) is 4.79 Å². The molecule has 0 spiro atoms. The molecule has 1 aliphatic carbocycles. The number of carbonyl (C=O) groups excluding carboxylic acids is 1. The molecule has 0 saturated heterocycles. The van der Waals surface area contributed by atoms with E-state index in [1.807, 2.05) is 0 Å². The molecular weight excluding hydrogens is 241 g/mol. The maximum Gasteiger partial charge on any atom is 0.489 e. The molecule has 0 heterocycles. The lowest BCUT2D eigenvalue weighted by Gasteiger charge is -2.31. The SMILES string of the molecule is CN(C(=O)c1ccccc1B(O)O)C1CCCCC1. The van der Waals surface area contributed by atoms with Gasteiger partial charge in [0, 0.05) is 18.7 Å². The first kappa shape index (κ1) is 14.1. The highest BCUT2D eigenvalue weighted by Gasteiger charge is 2.26. The maximum absolute atomic E-state index is 12.5. The summed E-state index contributed by atoms with van der Waals surface area (Å²) in [5.74, 6) is -0.129. The molecule has 1 aromatic carbocycles. The van der Waals surface area contributed by atoms with Crippen LogP contribution in [0.2, 0.25) is 0 Å². The van der Waals surface area contributed by atoms with Gasteiger partial charge in [0.25, 0.3) is 5.91 Å². The number of hydrogen-bond donors (Lipinski definition) is 2. The van der Waals surface area contributed by atoms with E-state index in [0.29, 0.717) is 5.56 Å². The van der Waals surface area contributed by atoms with Crippen LogP contribution in [0.25, 0.3) is 0 Å². The second-order valence-electron chi connectivity index (χ2n) is 5.17. The highest BCUT2D eigenvalue weighted by Crippen LogP contribution is 2.22. The minimum Gasteiger partial charge on any atom is -0.423 e. The van der Waals surface area contributed by atoms with Crippen molar-refractivity contribution in [2.24, 2.45) is 0 Å². The van der Waals surface area contributed by atoms with Crippen molar-refractivity contribution in [3.05, 3.63) is 29.8 Å². The number of hydrogen-bond acceptors (Lipinski definition) is 3. The summed E-state index contributed by atoms with van der Waals surface area (Å²) >= 11 is 0. The molecule has 2 N–H and O–H groups in total. The first-order valence-electron chi connectivity index (χ1n) is 6.83. The molecule has 1 fully saturated rings. The fourth-order valence-corrected chi connectivity index (χ4v) is 2.74. The first-order chi connectivity index (χ1) is 9.11. The Morgan fingerprint density at radius 2 is 1.84 bits per heavy atom. The van der Waals surface area contributed by atoms with E-state index in [2.05, 4.69) is 0 Å². The molecule has 0 radical (unpaired) electrons. The summed E-state index contributed by atoms with van der Waals surface area (Å²) in [5.41, 5.74) is 0.653. The molecule has 1 saturated carbocycles. The molecule has 0 aliphatic heterocycles. The molecule has 4 nitrogen and oxygen atoms in total. The van der Waals surface area contributed by atoms with Gasteiger partial charge >= 0.3 is 7.12 Å². The number of carbonyl (C=O) groups is 1. The highest BCUT2D eigenvalue weighted by molar-refractivity contribution is 6.60. The van der Waals surface area contributed by atoms with Crippen molar-refractivity contribution in [1.29, 1.82) is 0 Å². The zero-order chi connectivity index (χ0) is 13.8. The van der Waals surface area contributed by atoms with Gasteiger partial charge in [-0.15, -0.1) is 0 Å². The van der Waals surface area contributed by atoms with Gasteiger partial charge in [0.1, 0.15) is 0 Å². The first-order valence-corrected chi connectivity index (χ1v) is 6.83. The zero-order valence-electron chi connectivity index (χ0n) is 11.2. The zero-order valence-corrected chi connectivity index (χ0v) is 11.2. The third-order valence-electron chi connectivity index (χ3n) is 3.91. The minimum atomic E-state index is -1.61. The average molecular weight is 261 g/mol. The van der Waals surface area contributed by atoms with E-state index < -0.39 is 7.12 Å². The van der Waals surface area contributed by atoms with Crippen LogP contribution in [-0.2, 0) is 0 Å². The Hall–Kier alpha value is -1.33. The van der Waals surface area contributed by atoms with Crippen LogP contribution in [0.15, 0.2) is 24.3 Å². The molecule has 0 bridgehead atoms. The van der Waals surface area contributed by atoms with E-state index in [4.69, 9.17) is 0 Å². The van der Waals surface area contributed by atoms with Crippen LogP contribution < -0.4 is 5.46 Å². The van der Waals surface area contributed by atoms with Gasteiger partial charge in [-0.05, 0) is 24.4 Å². The molecule has 102 valence electrons. The summed E-state index contributed by atoms with van der Waals surface area (Å²) in [5, 5.41) is 18.7. The fourth-order valence-electron chi connectivity index (χ4n) is 2.74. The van der Waals surface area contributed by atoms with Crippen molar-refractivity contribution >= 4 is 18.5 Å². The van der Waals surface area contributed by atoms with Crippen molar-refractivity contribution in [1.82, 2.24) is 4.90 Å². The van der Waals surface area contributed by atoms with E-state index in [9.17, 15) is 14.8 Å². The van der Waals surface area contributed by atoms with Crippen molar-refractivity contribution < 1.29 is 14.8 Å². The number of amides is 1. The fraction of sp³-hybridized carbons (Fsp3) is 0.500. The summed E-state index contributed by atoms with van der Waals surface area (Å²) < 4.78 is 0. The largest absolute Gasteiger partial charge is 0.489 e. The molecule has 5 heteroatoms. The number of nitrogens with zero attached hydrogens (tertiary/aromatic N) is 1. The van der Waals surface area contributed by atoms with Crippen LogP contribution in [0.1, 0.15) is 42.5 Å². The van der Waals surface area contributed by atoms with Crippen molar-refractivity contribution in [2.75, 3.05) is 7.05 Å². The van der Waals surface area contributed by atoms with Crippen LogP contribution >= 0.6 is 0 Å².